The number of hydrogen-bond donors (Lipinski definition) is 1. The predicted octanol–water partition coefficient (Wildman–Crippen LogP) is 1.25. The van der Waals surface area contributed by atoms with Crippen LogP contribution in [-0.4, -0.2) is 20.8 Å². The molecule has 0 amide bonds. The average Bonchev–Trinajstić information content (AvgIpc) is 2.25. The molecule has 0 spiro atoms. The van der Waals surface area contributed by atoms with E-state index in [4.69, 9.17) is 9.88 Å². The number of hydrogen-bond acceptors (Lipinski definition) is 4. The van der Waals surface area contributed by atoms with Crippen molar-refractivity contribution in [3.8, 4) is 5.75 Å². The van der Waals surface area contributed by atoms with E-state index in [0.717, 1.165) is 6.42 Å². The number of ketones is 1. The Bertz CT molecular complexity index is 537. The van der Waals surface area contributed by atoms with Crippen LogP contribution in [0.3, 0.4) is 0 Å². The summed E-state index contributed by atoms with van der Waals surface area (Å²) in [4.78, 5) is 10.9. The molecule has 2 N–H and O–H groups in total. The Morgan fingerprint density at radius 1 is 1.39 bits per heavy atom. The Labute approximate surface area is 107 Å². The van der Waals surface area contributed by atoms with Crippen molar-refractivity contribution in [2.45, 2.75) is 31.6 Å². The molecule has 1 aromatic carbocycles. The van der Waals surface area contributed by atoms with Crippen LogP contribution < -0.4 is 9.88 Å². The lowest BCUT2D eigenvalue weighted by atomic mass is 10.1. The Balaban J connectivity index is 3.17. The van der Waals surface area contributed by atoms with Crippen LogP contribution in [0.5, 0.6) is 5.75 Å². The molecule has 0 saturated heterocycles. The second-order valence-electron chi connectivity index (χ2n) is 4.05. The maximum atomic E-state index is 11.5. The summed E-state index contributed by atoms with van der Waals surface area (Å²) in [6, 6.07) is 4.59. The fourth-order valence-corrected chi connectivity index (χ4v) is 2.23. The first-order valence-electron chi connectivity index (χ1n) is 5.62. The van der Waals surface area contributed by atoms with E-state index < -0.39 is 10.0 Å². The lowest BCUT2D eigenvalue weighted by Crippen LogP contribution is -2.15. The number of carbonyl (C=O) groups is 1. The lowest BCUT2D eigenvalue weighted by molar-refractivity contribution is -0.116. The smallest absolute Gasteiger partial charge is 0.241 e. The summed E-state index contributed by atoms with van der Waals surface area (Å²) in [7, 11) is -3.86. The molecule has 0 aliphatic heterocycles. The first-order chi connectivity index (χ1) is 8.34. The van der Waals surface area contributed by atoms with E-state index in [1.807, 2.05) is 6.92 Å². The molecule has 0 radical (unpaired) electrons. The molecule has 0 saturated carbocycles. The minimum atomic E-state index is -3.86. The zero-order chi connectivity index (χ0) is 13.8. The Kier molecular flexibility index (Phi) is 4.86. The van der Waals surface area contributed by atoms with Gasteiger partial charge in [-0.1, -0.05) is 13.0 Å². The van der Waals surface area contributed by atoms with E-state index in [2.05, 4.69) is 0 Å². The zero-order valence-electron chi connectivity index (χ0n) is 10.5. The fraction of sp³-hybridized carbons (Fsp3) is 0.417. The Morgan fingerprint density at radius 2 is 2.06 bits per heavy atom. The molecule has 0 fully saturated rings. The van der Waals surface area contributed by atoms with Crippen molar-refractivity contribution in [1.82, 2.24) is 0 Å². The predicted molar refractivity (Wildman–Crippen MR) is 68.0 cm³/mol. The number of primary sulfonamides is 1. The molecule has 5 nitrogen and oxygen atoms in total. The van der Waals surface area contributed by atoms with Gasteiger partial charge in [0.2, 0.25) is 10.0 Å². The quantitative estimate of drug-likeness (QED) is 0.843. The molecule has 0 aliphatic rings. The summed E-state index contributed by atoms with van der Waals surface area (Å²) in [5.41, 5.74) is 0.607. The number of Topliss-reactive ketones (excluding diaryl/α,β-unsaturated/α-hetero) is 1. The number of ether oxygens (including phenoxy) is 1. The van der Waals surface area contributed by atoms with E-state index in [1.165, 1.54) is 19.1 Å². The standard InChI is InChI=1S/C12H17NO4S/c1-3-6-17-11-5-4-10(7-9(2)14)8-12(11)18(13,15)16/h4-5,8H,3,6-7H2,1-2H3,(H2,13,15,16). The van der Waals surface area contributed by atoms with Crippen molar-refractivity contribution < 1.29 is 17.9 Å². The molecular formula is C12H17NO4S. The molecule has 1 aromatic rings. The van der Waals surface area contributed by atoms with E-state index in [0.29, 0.717) is 12.2 Å². The summed E-state index contributed by atoms with van der Waals surface area (Å²) >= 11 is 0. The first-order valence-corrected chi connectivity index (χ1v) is 7.17. The van der Waals surface area contributed by atoms with Gasteiger partial charge in [0.25, 0.3) is 0 Å². The summed E-state index contributed by atoms with van der Waals surface area (Å²) in [5, 5.41) is 5.14. The van der Waals surface area contributed by atoms with Crippen LogP contribution in [0.1, 0.15) is 25.8 Å². The van der Waals surface area contributed by atoms with Crippen molar-refractivity contribution >= 4 is 15.8 Å². The third-order valence-electron chi connectivity index (χ3n) is 2.23. The van der Waals surface area contributed by atoms with Gasteiger partial charge >= 0.3 is 0 Å². The molecule has 0 atom stereocenters. The number of rotatable bonds is 6. The summed E-state index contributed by atoms with van der Waals surface area (Å²) < 4.78 is 28.3. The number of benzene rings is 1. The minimum Gasteiger partial charge on any atom is -0.492 e. The molecule has 0 bridgehead atoms. The van der Waals surface area contributed by atoms with Gasteiger partial charge in [0.15, 0.2) is 0 Å². The second-order valence-corrected chi connectivity index (χ2v) is 5.58. The molecule has 0 unspecified atom stereocenters. The van der Waals surface area contributed by atoms with E-state index >= 15 is 0 Å². The van der Waals surface area contributed by atoms with Crippen LogP contribution in [0, 0.1) is 0 Å². The normalized spacial score (nSPS) is 11.3. The number of nitrogens with two attached hydrogens (primary N) is 1. The molecule has 0 aliphatic carbocycles. The lowest BCUT2D eigenvalue weighted by Gasteiger charge is -2.10. The highest BCUT2D eigenvalue weighted by atomic mass is 32.2. The van der Waals surface area contributed by atoms with Crippen LogP contribution >= 0.6 is 0 Å². The van der Waals surface area contributed by atoms with Gasteiger partial charge in [-0.25, -0.2) is 13.6 Å². The van der Waals surface area contributed by atoms with Gasteiger partial charge in [0, 0.05) is 6.42 Å². The first kappa shape index (κ1) is 14.7. The van der Waals surface area contributed by atoms with Gasteiger partial charge in [-0.15, -0.1) is 0 Å². The van der Waals surface area contributed by atoms with Crippen molar-refractivity contribution in [2.24, 2.45) is 5.14 Å². The maximum absolute atomic E-state index is 11.5. The molecule has 100 valence electrons. The van der Waals surface area contributed by atoms with Gasteiger partial charge in [-0.05, 0) is 31.0 Å². The highest BCUT2D eigenvalue weighted by Gasteiger charge is 2.16. The largest absolute Gasteiger partial charge is 0.492 e. The second kappa shape index (κ2) is 5.97. The molecule has 0 aromatic heterocycles. The van der Waals surface area contributed by atoms with Crippen LogP contribution in [-0.2, 0) is 21.2 Å². The van der Waals surface area contributed by atoms with Gasteiger partial charge in [0.1, 0.15) is 16.4 Å². The van der Waals surface area contributed by atoms with E-state index in [1.54, 1.807) is 6.07 Å². The summed E-state index contributed by atoms with van der Waals surface area (Å²) in [5.74, 6) is 0.184. The third kappa shape index (κ3) is 4.12. The highest BCUT2D eigenvalue weighted by Crippen LogP contribution is 2.24. The minimum absolute atomic E-state index is 0.0439. The zero-order valence-corrected chi connectivity index (χ0v) is 11.3. The molecule has 1 rings (SSSR count). The van der Waals surface area contributed by atoms with Gasteiger partial charge in [-0.3, -0.25) is 4.79 Å². The van der Waals surface area contributed by atoms with Gasteiger partial charge in [0.05, 0.1) is 6.61 Å². The van der Waals surface area contributed by atoms with Gasteiger partial charge in [-0.2, -0.15) is 0 Å². The molecule has 18 heavy (non-hydrogen) atoms. The summed E-state index contributed by atoms with van der Waals surface area (Å²) in [6.45, 7) is 3.77. The van der Waals surface area contributed by atoms with Crippen LogP contribution in [0.2, 0.25) is 0 Å². The Morgan fingerprint density at radius 3 is 2.56 bits per heavy atom. The van der Waals surface area contributed by atoms with Crippen molar-refractivity contribution in [3.63, 3.8) is 0 Å². The number of sulfonamides is 1. The van der Waals surface area contributed by atoms with Crippen molar-refractivity contribution in [3.05, 3.63) is 23.8 Å². The third-order valence-corrected chi connectivity index (χ3v) is 3.16. The van der Waals surface area contributed by atoms with E-state index in [9.17, 15) is 13.2 Å². The van der Waals surface area contributed by atoms with Gasteiger partial charge < -0.3 is 4.74 Å². The highest BCUT2D eigenvalue weighted by molar-refractivity contribution is 7.89. The number of carbonyl (C=O) groups excluding carboxylic acids is 1. The van der Waals surface area contributed by atoms with E-state index in [-0.39, 0.29) is 22.8 Å². The average molecular weight is 271 g/mol. The molecular weight excluding hydrogens is 254 g/mol. The van der Waals surface area contributed by atoms with Crippen LogP contribution in [0.15, 0.2) is 23.1 Å². The van der Waals surface area contributed by atoms with Crippen molar-refractivity contribution in [2.75, 3.05) is 6.61 Å². The maximum Gasteiger partial charge on any atom is 0.241 e. The SMILES string of the molecule is CCCOc1ccc(CC(C)=O)cc1S(N)(=O)=O. The van der Waals surface area contributed by atoms with Crippen LogP contribution in [0.25, 0.3) is 0 Å². The van der Waals surface area contributed by atoms with Crippen LogP contribution in [0.4, 0.5) is 0 Å². The molecule has 6 heteroatoms. The monoisotopic (exact) mass is 271 g/mol. The Hall–Kier alpha value is -1.40. The topological polar surface area (TPSA) is 86.5 Å². The summed E-state index contributed by atoms with van der Waals surface area (Å²) in [6.07, 6.45) is 0.940. The molecule has 0 heterocycles. The van der Waals surface area contributed by atoms with Crippen molar-refractivity contribution in [1.29, 1.82) is 0 Å². The fourth-order valence-electron chi connectivity index (χ4n) is 1.50.